The van der Waals surface area contributed by atoms with Gasteiger partial charge in [-0.2, -0.15) is 5.10 Å². The number of fused-ring (bicyclic) bond motifs is 1. The van der Waals surface area contributed by atoms with E-state index in [0.717, 1.165) is 16.5 Å². The molecule has 0 amide bonds. The molecule has 0 radical (unpaired) electrons. The minimum Gasteiger partial charge on any atom is -0.261 e. The Morgan fingerprint density at radius 3 is 2.59 bits per heavy atom. The molecule has 0 aliphatic heterocycles. The molecule has 22 heavy (non-hydrogen) atoms. The van der Waals surface area contributed by atoms with E-state index in [1.54, 1.807) is 18.3 Å². The first-order valence-corrected chi connectivity index (χ1v) is 6.62. The number of nitro groups is 1. The topological polar surface area (TPSA) is 80.4 Å². The second-order valence-electron chi connectivity index (χ2n) is 4.61. The van der Waals surface area contributed by atoms with E-state index >= 15 is 0 Å². The van der Waals surface area contributed by atoms with Gasteiger partial charge in [0.2, 0.25) is 0 Å². The second-order valence-corrected chi connectivity index (χ2v) is 4.61. The Kier molecular flexibility index (Phi) is 3.74. The number of aromatic nitrogens is 1. The van der Waals surface area contributed by atoms with Crippen molar-refractivity contribution >= 4 is 28.6 Å². The lowest BCUT2D eigenvalue weighted by molar-refractivity contribution is -0.384. The van der Waals surface area contributed by atoms with Crippen LogP contribution in [0.4, 0.5) is 11.5 Å². The van der Waals surface area contributed by atoms with Crippen LogP contribution in [0.15, 0.2) is 65.8 Å². The Hall–Kier alpha value is -3.28. The molecule has 1 heterocycles. The van der Waals surface area contributed by atoms with Crippen LogP contribution >= 0.6 is 0 Å². The third-order valence-electron chi connectivity index (χ3n) is 3.10. The first-order valence-electron chi connectivity index (χ1n) is 6.62. The first-order chi connectivity index (χ1) is 10.7. The molecule has 2 aromatic carbocycles. The Balaban J connectivity index is 1.71. The zero-order chi connectivity index (χ0) is 15.4. The molecule has 6 heteroatoms. The molecular weight excluding hydrogens is 280 g/mol. The number of benzene rings is 2. The molecule has 3 aromatic rings. The third-order valence-corrected chi connectivity index (χ3v) is 3.10. The molecule has 0 aliphatic carbocycles. The van der Waals surface area contributed by atoms with Crippen molar-refractivity contribution in [1.82, 2.24) is 4.98 Å². The number of nitro benzene ring substituents is 1. The average molecular weight is 292 g/mol. The summed E-state index contributed by atoms with van der Waals surface area (Å²) in [5, 5.41) is 15.7. The van der Waals surface area contributed by atoms with Crippen molar-refractivity contribution in [1.29, 1.82) is 0 Å². The molecule has 0 atom stereocenters. The van der Waals surface area contributed by atoms with Crippen molar-refractivity contribution < 1.29 is 4.92 Å². The van der Waals surface area contributed by atoms with Crippen molar-refractivity contribution in [2.45, 2.75) is 0 Å². The van der Waals surface area contributed by atoms with E-state index in [9.17, 15) is 10.1 Å². The number of para-hydroxylation sites is 1. The molecule has 1 N–H and O–H groups in total. The number of anilines is 1. The Labute approximate surface area is 126 Å². The molecule has 0 saturated carbocycles. The summed E-state index contributed by atoms with van der Waals surface area (Å²) >= 11 is 0. The standard InChI is InChI=1S/C16H12N4O2/c21-20(22)14-8-5-12(6-9-14)11-17-19-16-10-7-13-3-1-2-4-15(13)18-16/h1-11H,(H,18,19)/b17-11+. The molecule has 3 rings (SSSR count). The highest BCUT2D eigenvalue weighted by Gasteiger charge is 2.02. The van der Waals surface area contributed by atoms with E-state index in [-0.39, 0.29) is 5.69 Å². The maximum atomic E-state index is 10.6. The van der Waals surface area contributed by atoms with Crippen molar-refractivity contribution in [2.24, 2.45) is 5.10 Å². The Bertz CT molecular complexity index is 844. The van der Waals surface area contributed by atoms with Crippen LogP contribution in [-0.2, 0) is 0 Å². The van der Waals surface area contributed by atoms with E-state index in [2.05, 4.69) is 15.5 Å². The Morgan fingerprint density at radius 1 is 1.05 bits per heavy atom. The SMILES string of the molecule is O=[N+]([O-])c1ccc(/C=N/Nc2ccc3ccccc3n2)cc1. The highest BCUT2D eigenvalue weighted by molar-refractivity contribution is 5.82. The number of hydrogen-bond acceptors (Lipinski definition) is 5. The van der Waals surface area contributed by atoms with Crippen molar-refractivity contribution in [3.8, 4) is 0 Å². The maximum absolute atomic E-state index is 10.6. The highest BCUT2D eigenvalue weighted by Crippen LogP contribution is 2.14. The monoisotopic (exact) mass is 292 g/mol. The number of nitrogens with one attached hydrogen (secondary N) is 1. The number of pyridine rings is 1. The van der Waals surface area contributed by atoms with Gasteiger partial charge in [-0.25, -0.2) is 4.98 Å². The van der Waals surface area contributed by atoms with Gasteiger partial charge in [0.25, 0.3) is 5.69 Å². The summed E-state index contributed by atoms with van der Waals surface area (Å²) in [6.07, 6.45) is 1.58. The van der Waals surface area contributed by atoms with Gasteiger partial charge in [0, 0.05) is 17.5 Å². The van der Waals surface area contributed by atoms with Crippen LogP contribution in [-0.4, -0.2) is 16.1 Å². The molecule has 0 fully saturated rings. The quantitative estimate of drug-likeness (QED) is 0.452. The molecular formula is C16H12N4O2. The van der Waals surface area contributed by atoms with E-state index in [4.69, 9.17) is 0 Å². The zero-order valence-electron chi connectivity index (χ0n) is 11.5. The summed E-state index contributed by atoms with van der Waals surface area (Å²) in [5.74, 6) is 0.636. The van der Waals surface area contributed by atoms with Crippen LogP contribution in [0.2, 0.25) is 0 Å². The van der Waals surface area contributed by atoms with Gasteiger partial charge in [0.05, 0.1) is 16.7 Å². The van der Waals surface area contributed by atoms with Gasteiger partial charge in [-0.3, -0.25) is 15.5 Å². The summed E-state index contributed by atoms with van der Waals surface area (Å²) in [7, 11) is 0. The van der Waals surface area contributed by atoms with Crippen LogP contribution < -0.4 is 5.43 Å². The lowest BCUT2D eigenvalue weighted by atomic mass is 10.2. The summed E-state index contributed by atoms with van der Waals surface area (Å²) in [4.78, 5) is 14.6. The average Bonchev–Trinajstić information content (AvgIpc) is 2.55. The number of hydrogen-bond donors (Lipinski definition) is 1. The fraction of sp³-hybridized carbons (Fsp3) is 0. The van der Waals surface area contributed by atoms with Crippen molar-refractivity contribution in [3.63, 3.8) is 0 Å². The minimum absolute atomic E-state index is 0.0568. The predicted molar refractivity (Wildman–Crippen MR) is 86.1 cm³/mol. The molecule has 0 unspecified atom stereocenters. The van der Waals surface area contributed by atoms with Gasteiger partial charge in [-0.05, 0) is 35.9 Å². The van der Waals surface area contributed by atoms with E-state index in [0.29, 0.717) is 5.82 Å². The summed E-state index contributed by atoms with van der Waals surface area (Å²) in [6, 6.07) is 17.8. The maximum Gasteiger partial charge on any atom is 0.269 e. The lowest BCUT2D eigenvalue weighted by Gasteiger charge is -2.01. The third kappa shape index (κ3) is 3.06. The van der Waals surface area contributed by atoms with Crippen LogP contribution in [0.5, 0.6) is 0 Å². The van der Waals surface area contributed by atoms with Gasteiger partial charge in [-0.15, -0.1) is 0 Å². The van der Waals surface area contributed by atoms with Gasteiger partial charge < -0.3 is 0 Å². The molecule has 0 spiro atoms. The number of non-ortho nitro benzene ring substituents is 1. The summed E-state index contributed by atoms with van der Waals surface area (Å²) in [6.45, 7) is 0. The van der Waals surface area contributed by atoms with Gasteiger partial charge >= 0.3 is 0 Å². The number of nitrogens with zero attached hydrogens (tertiary/aromatic N) is 3. The normalized spacial score (nSPS) is 10.9. The Morgan fingerprint density at radius 2 is 1.82 bits per heavy atom. The summed E-state index contributed by atoms with van der Waals surface area (Å²) < 4.78 is 0. The van der Waals surface area contributed by atoms with Crippen LogP contribution in [0, 0.1) is 10.1 Å². The largest absolute Gasteiger partial charge is 0.269 e. The fourth-order valence-corrected chi connectivity index (χ4v) is 1.98. The minimum atomic E-state index is -0.432. The van der Waals surface area contributed by atoms with Crippen molar-refractivity contribution in [3.05, 3.63) is 76.3 Å². The van der Waals surface area contributed by atoms with E-state index < -0.39 is 4.92 Å². The zero-order valence-corrected chi connectivity index (χ0v) is 11.5. The molecule has 0 saturated heterocycles. The van der Waals surface area contributed by atoms with Crippen LogP contribution in [0.3, 0.4) is 0 Å². The lowest BCUT2D eigenvalue weighted by Crippen LogP contribution is -1.94. The van der Waals surface area contributed by atoms with Gasteiger partial charge in [-0.1, -0.05) is 18.2 Å². The molecule has 0 bridgehead atoms. The number of rotatable bonds is 4. The predicted octanol–water partition coefficient (Wildman–Crippen LogP) is 3.59. The smallest absolute Gasteiger partial charge is 0.261 e. The van der Waals surface area contributed by atoms with E-state index in [1.807, 2.05) is 36.4 Å². The fourth-order valence-electron chi connectivity index (χ4n) is 1.98. The van der Waals surface area contributed by atoms with E-state index in [1.165, 1.54) is 12.1 Å². The second kappa shape index (κ2) is 6.01. The summed E-state index contributed by atoms with van der Waals surface area (Å²) in [5.41, 5.74) is 4.55. The van der Waals surface area contributed by atoms with Gasteiger partial charge in [0.1, 0.15) is 5.82 Å². The van der Waals surface area contributed by atoms with Crippen molar-refractivity contribution in [2.75, 3.05) is 5.43 Å². The molecule has 0 aliphatic rings. The van der Waals surface area contributed by atoms with Crippen LogP contribution in [0.1, 0.15) is 5.56 Å². The van der Waals surface area contributed by atoms with Crippen LogP contribution in [0.25, 0.3) is 10.9 Å². The van der Waals surface area contributed by atoms with Gasteiger partial charge in [0.15, 0.2) is 0 Å². The number of hydrazone groups is 1. The first kappa shape index (κ1) is 13.7. The highest BCUT2D eigenvalue weighted by atomic mass is 16.6. The molecule has 108 valence electrons. The molecule has 6 nitrogen and oxygen atoms in total. The molecule has 1 aromatic heterocycles.